The molecule has 4 aliphatic rings. The average molecular weight is 795 g/mol. The zero-order valence-corrected chi connectivity index (χ0v) is 34.4. The number of unbranched alkanes of at least 4 members (excludes halogenated alkanes) is 2. The van der Waals surface area contributed by atoms with E-state index >= 15 is 0 Å². The number of allylic oxidation sites excluding steroid dienone is 12. The minimum Gasteiger partial charge on any atom is -0.498 e. The van der Waals surface area contributed by atoms with E-state index in [1.54, 1.807) is 5.57 Å². The summed E-state index contributed by atoms with van der Waals surface area (Å²) in [4.78, 5) is 0.322. The first kappa shape index (κ1) is 38.5. The molecule has 5 rings (SSSR count). The summed E-state index contributed by atoms with van der Waals surface area (Å²) in [6.45, 7) is 15.7. The molecule has 0 spiro atoms. The molecule has 2 nitrogen and oxygen atoms in total. The fraction of sp³-hybridized carbons (Fsp3) is 0.600. The van der Waals surface area contributed by atoms with Crippen molar-refractivity contribution in [1.82, 2.24) is 0 Å². The first-order valence-electron chi connectivity index (χ1n) is 19.6. The highest BCUT2D eigenvalue weighted by atomic mass is 79.9. The standard InChI is InChI=1S/C45H62Br2O2/c1-7-11-13-33(9-3)29-48-39-19-15-35(23-31(5)25-39)45(43-27-37(46)17-21-41(43)42-22-18-38(47)28-44(42)45)36-16-20-40(26-32(6)24-36)49-30-34(10-4)14-12-8-2/h15-22,27,31-34,38H,7-14,23-26,28-30H2,1-6H3/t31-,32?,33?,34?,38?,45?/m0/s1. The summed E-state index contributed by atoms with van der Waals surface area (Å²) >= 11 is 7.96. The molecule has 0 N–H and O–H groups in total. The topological polar surface area (TPSA) is 18.5 Å². The molecule has 0 aliphatic heterocycles. The summed E-state index contributed by atoms with van der Waals surface area (Å²) < 4.78 is 14.5. The van der Waals surface area contributed by atoms with E-state index in [4.69, 9.17) is 9.47 Å². The van der Waals surface area contributed by atoms with E-state index in [-0.39, 0.29) is 5.41 Å². The van der Waals surface area contributed by atoms with E-state index in [0.29, 0.717) is 28.5 Å². The Morgan fingerprint density at radius 3 is 1.82 bits per heavy atom. The van der Waals surface area contributed by atoms with Gasteiger partial charge in [-0.15, -0.1) is 0 Å². The van der Waals surface area contributed by atoms with Crippen LogP contribution in [-0.2, 0) is 14.9 Å². The van der Waals surface area contributed by atoms with Crippen molar-refractivity contribution in [2.24, 2.45) is 23.7 Å². The Bertz CT molecular complexity index is 1410. The summed E-state index contributed by atoms with van der Waals surface area (Å²) in [5.74, 6) is 4.54. The van der Waals surface area contributed by atoms with Gasteiger partial charge in [0.1, 0.15) is 0 Å². The number of alkyl halides is 1. The summed E-state index contributed by atoms with van der Waals surface area (Å²) in [6.07, 6.45) is 29.4. The van der Waals surface area contributed by atoms with Crippen LogP contribution in [-0.4, -0.2) is 18.0 Å². The van der Waals surface area contributed by atoms with Crippen LogP contribution in [0.5, 0.6) is 0 Å². The molecule has 49 heavy (non-hydrogen) atoms. The van der Waals surface area contributed by atoms with E-state index in [2.05, 4.69) is 128 Å². The van der Waals surface area contributed by atoms with Gasteiger partial charge in [0.15, 0.2) is 0 Å². The Morgan fingerprint density at radius 1 is 0.755 bits per heavy atom. The minimum atomic E-state index is -0.300. The molecule has 0 heterocycles. The SMILES string of the molecule is CCCCC(CC)COC1=CC=C(C2(C3=CC=C(OCC(CC)CCCC)C[C@@H](C)C3)C3=C(C=CC(Br)C3)c3ccc(Br)cc32)CC(C)C1. The molecule has 6 atom stereocenters. The quantitative estimate of drug-likeness (QED) is 0.155. The smallest absolute Gasteiger partial charge is 0.0962 e. The van der Waals surface area contributed by atoms with Gasteiger partial charge in [-0.2, -0.15) is 0 Å². The Kier molecular flexibility index (Phi) is 14.2. The van der Waals surface area contributed by atoms with Crippen molar-refractivity contribution < 1.29 is 9.47 Å². The summed E-state index contributed by atoms with van der Waals surface area (Å²) in [5.41, 5.74) is 8.50. The highest BCUT2D eigenvalue weighted by Gasteiger charge is 2.51. The van der Waals surface area contributed by atoms with Crippen molar-refractivity contribution in [3.8, 4) is 0 Å². The van der Waals surface area contributed by atoms with Crippen molar-refractivity contribution >= 4 is 37.4 Å². The molecule has 1 aromatic rings. The Morgan fingerprint density at radius 2 is 1.31 bits per heavy atom. The van der Waals surface area contributed by atoms with Crippen LogP contribution in [0.15, 0.2) is 87.4 Å². The molecule has 1 aromatic carbocycles. The molecule has 0 bridgehead atoms. The minimum absolute atomic E-state index is 0.300. The number of hydrogen-bond acceptors (Lipinski definition) is 2. The maximum Gasteiger partial charge on any atom is 0.0962 e. The molecular weight excluding hydrogens is 732 g/mol. The Labute approximate surface area is 315 Å². The molecule has 0 saturated heterocycles. The van der Waals surface area contributed by atoms with Crippen LogP contribution in [0.2, 0.25) is 0 Å². The highest BCUT2D eigenvalue weighted by molar-refractivity contribution is 9.10. The molecule has 268 valence electrons. The van der Waals surface area contributed by atoms with Crippen molar-refractivity contribution in [2.75, 3.05) is 13.2 Å². The van der Waals surface area contributed by atoms with Crippen LogP contribution in [0.3, 0.4) is 0 Å². The first-order valence-corrected chi connectivity index (χ1v) is 21.4. The molecular formula is C45H62Br2O2. The van der Waals surface area contributed by atoms with E-state index in [1.807, 2.05) is 0 Å². The molecule has 0 radical (unpaired) electrons. The van der Waals surface area contributed by atoms with E-state index in [9.17, 15) is 0 Å². The molecule has 0 aromatic heterocycles. The molecule has 4 heteroatoms. The lowest BCUT2D eigenvalue weighted by Crippen LogP contribution is -2.34. The lowest BCUT2D eigenvalue weighted by Gasteiger charge is -2.41. The van der Waals surface area contributed by atoms with Gasteiger partial charge in [-0.3, -0.25) is 0 Å². The fourth-order valence-corrected chi connectivity index (χ4v) is 9.54. The second-order valence-electron chi connectivity index (χ2n) is 15.5. The lowest BCUT2D eigenvalue weighted by molar-refractivity contribution is 0.143. The molecule has 0 saturated carbocycles. The monoisotopic (exact) mass is 792 g/mol. The van der Waals surface area contributed by atoms with Gasteiger partial charge in [0.05, 0.1) is 30.1 Å². The van der Waals surface area contributed by atoms with Gasteiger partial charge in [0, 0.05) is 22.1 Å². The van der Waals surface area contributed by atoms with Gasteiger partial charge in [0.2, 0.25) is 0 Å². The molecule has 5 unspecified atom stereocenters. The third kappa shape index (κ3) is 9.00. The number of hydrogen-bond donors (Lipinski definition) is 0. The van der Waals surface area contributed by atoms with Gasteiger partial charge in [-0.05, 0) is 102 Å². The summed E-state index contributed by atoms with van der Waals surface area (Å²) in [7, 11) is 0. The van der Waals surface area contributed by atoms with Crippen LogP contribution in [0, 0.1) is 23.7 Å². The second kappa shape index (κ2) is 18.1. The second-order valence-corrected chi connectivity index (χ2v) is 17.6. The van der Waals surface area contributed by atoms with Crippen molar-refractivity contribution in [1.29, 1.82) is 0 Å². The van der Waals surface area contributed by atoms with Crippen molar-refractivity contribution in [3.05, 3.63) is 98.5 Å². The van der Waals surface area contributed by atoms with Crippen LogP contribution >= 0.6 is 31.9 Å². The number of fused-ring (bicyclic) bond motifs is 2. The van der Waals surface area contributed by atoms with Gasteiger partial charge in [0.25, 0.3) is 0 Å². The lowest BCUT2D eigenvalue weighted by atomic mass is 9.61. The van der Waals surface area contributed by atoms with Crippen LogP contribution in [0.4, 0.5) is 0 Å². The normalized spacial score (nSPS) is 26.4. The zero-order valence-electron chi connectivity index (χ0n) is 31.3. The van der Waals surface area contributed by atoms with Gasteiger partial charge in [-0.1, -0.05) is 153 Å². The maximum absolute atomic E-state index is 6.65. The van der Waals surface area contributed by atoms with E-state index in [1.165, 1.54) is 79.2 Å². The number of benzene rings is 1. The van der Waals surface area contributed by atoms with Crippen molar-refractivity contribution in [2.45, 2.75) is 135 Å². The number of rotatable bonds is 16. The highest BCUT2D eigenvalue weighted by Crippen LogP contribution is 2.61. The third-order valence-electron chi connectivity index (χ3n) is 11.6. The van der Waals surface area contributed by atoms with Crippen LogP contribution in [0.1, 0.15) is 136 Å². The first-order chi connectivity index (χ1) is 23.7. The van der Waals surface area contributed by atoms with Crippen molar-refractivity contribution in [3.63, 3.8) is 0 Å². The third-order valence-corrected chi connectivity index (χ3v) is 12.7. The summed E-state index contributed by atoms with van der Waals surface area (Å²) in [5, 5.41) is 0. The maximum atomic E-state index is 6.65. The fourth-order valence-electron chi connectivity index (χ4n) is 8.70. The van der Waals surface area contributed by atoms with Gasteiger partial charge in [-0.25, -0.2) is 0 Å². The zero-order chi connectivity index (χ0) is 35.0. The van der Waals surface area contributed by atoms with Gasteiger partial charge < -0.3 is 9.47 Å². The Hall–Kier alpha value is -1.78. The largest absolute Gasteiger partial charge is 0.498 e. The summed E-state index contributed by atoms with van der Waals surface area (Å²) in [6, 6.07) is 7.01. The van der Waals surface area contributed by atoms with Gasteiger partial charge >= 0.3 is 0 Å². The Balaban J connectivity index is 1.60. The molecule has 0 fully saturated rings. The predicted octanol–water partition coefficient (Wildman–Crippen LogP) is 14.1. The predicted molar refractivity (Wildman–Crippen MR) is 217 cm³/mol. The molecule has 4 aliphatic carbocycles. The number of ether oxygens (including phenoxy) is 2. The van der Waals surface area contributed by atoms with E-state index < -0.39 is 0 Å². The van der Waals surface area contributed by atoms with E-state index in [0.717, 1.165) is 61.3 Å². The average Bonchev–Trinajstić information content (AvgIpc) is 3.20. The number of halogens is 2. The molecule has 0 amide bonds. The van der Waals surface area contributed by atoms with Crippen LogP contribution in [0.25, 0.3) is 5.57 Å². The van der Waals surface area contributed by atoms with Crippen LogP contribution < -0.4 is 0 Å².